The standard InChI is InChI=1S/C29H40O/c1-4-5-6-7-8-9-10-13-26-14-16-27(17-15-26)18-19-28-20-22-29(23-21-28)30-24-11-12-25(2)3/h14-17,20-23,25H,4-13,24H2,1-3H3. The average molecular weight is 405 g/mol. The van der Waals surface area contributed by atoms with E-state index in [2.05, 4.69) is 56.9 Å². The van der Waals surface area contributed by atoms with Gasteiger partial charge in [-0.05, 0) is 73.6 Å². The molecule has 0 saturated heterocycles. The molecule has 2 rings (SSSR count). The second-order valence-electron chi connectivity index (χ2n) is 8.73. The van der Waals surface area contributed by atoms with Crippen molar-refractivity contribution in [2.24, 2.45) is 5.92 Å². The number of benzene rings is 2. The zero-order chi connectivity index (χ0) is 21.4. The maximum atomic E-state index is 5.80. The molecular weight excluding hydrogens is 364 g/mol. The summed E-state index contributed by atoms with van der Waals surface area (Å²) in [7, 11) is 0. The first-order valence-electron chi connectivity index (χ1n) is 12.0. The molecule has 0 amide bonds. The number of hydrogen-bond acceptors (Lipinski definition) is 1. The number of rotatable bonds is 13. The van der Waals surface area contributed by atoms with E-state index in [4.69, 9.17) is 4.74 Å². The SMILES string of the molecule is CCCCCCCCCc1ccc(C#Cc2ccc(OCCCC(C)C)cc2)cc1. The van der Waals surface area contributed by atoms with Crippen molar-refractivity contribution in [1.29, 1.82) is 0 Å². The third-order valence-electron chi connectivity index (χ3n) is 5.42. The van der Waals surface area contributed by atoms with E-state index in [9.17, 15) is 0 Å². The number of unbranched alkanes of at least 4 members (excludes halogenated alkanes) is 6. The predicted molar refractivity (Wildman–Crippen MR) is 130 cm³/mol. The van der Waals surface area contributed by atoms with Crippen molar-refractivity contribution in [3.05, 3.63) is 65.2 Å². The minimum atomic E-state index is 0.737. The Balaban J connectivity index is 1.71. The maximum absolute atomic E-state index is 5.80. The van der Waals surface area contributed by atoms with Crippen LogP contribution >= 0.6 is 0 Å². The molecule has 30 heavy (non-hydrogen) atoms. The largest absolute Gasteiger partial charge is 0.494 e. The first-order valence-corrected chi connectivity index (χ1v) is 12.0. The van der Waals surface area contributed by atoms with Gasteiger partial charge in [-0.25, -0.2) is 0 Å². The molecule has 2 aromatic rings. The average Bonchev–Trinajstić information content (AvgIpc) is 2.76. The maximum Gasteiger partial charge on any atom is 0.119 e. The minimum absolute atomic E-state index is 0.737. The highest BCUT2D eigenvalue weighted by Gasteiger charge is 1.98. The van der Waals surface area contributed by atoms with E-state index in [0.717, 1.165) is 35.8 Å². The summed E-state index contributed by atoms with van der Waals surface area (Å²) >= 11 is 0. The Bertz CT molecular complexity index is 744. The summed E-state index contributed by atoms with van der Waals surface area (Å²) in [5.41, 5.74) is 3.53. The van der Waals surface area contributed by atoms with E-state index in [1.807, 2.05) is 24.3 Å². The fraction of sp³-hybridized carbons (Fsp3) is 0.517. The van der Waals surface area contributed by atoms with Crippen LogP contribution in [0.4, 0.5) is 0 Å². The van der Waals surface area contributed by atoms with Crippen LogP contribution in [0.15, 0.2) is 48.5 Å². The fourth-order valence-electron chi connectivity index (χ4n) is 3.50. The lowest BCUT2D eigenvalue weighted by atomic mass is 10.0. The zero-order valence-corrected chi connectivity index (χ0v) is 19.4. The Morgan fingerprint density at radius 2 is 1.27 bits per heavy atom. The molecule has 0 spiro atoms. The molecule has 162 valence electrons. The third kappa shape index (κ3) is 10.5. The van der Waals surface area contributed by atoms with Crippen LogP contribution in [0.3, 0.4) is 0 Å². The van der Waals surface area contributed by atoms with Crippen LogP contribution < -0.4 is 4.74 Å². The van der Waals surface area contributed by atoms with Crippen molar-refractivity contribution < 1.29 is 4.74 Å². The summed E-state index contributed by atoms with van der Waals surface area (Å²) in [5.74, 6) is 8.20. The predicted octanol–water partition coefficient (Wildman–Crippen LogP) is 8.19. The monoisotopic (exact) mass is 404 g/mol. The molecule has 0 fully saturated rings. The highest BCUT2D eigenvalue weighted by molar-refractivity contribution is 5.44. The summed E-state index contributed by atoms with van der Waals surface area (Å²) in [6.07, 6.45) is 13.0. The highest BCUT2D eigenvalue weighted by atomic mass is 16.5. The van der Waals surface area contributed by atoms with Gasteiger partial charge < -0.3 is 4.74 Å². The quantitative estimate of drug-likeness (QED) is 0.241. The van der Waals surface area contributed by atoms with Gasteiger partial charge in [0.1, 0.15) is 5.75 Å². The fourth-order valence-corrected chi connectivity index (χ4v) is 3.50. The van der Waals surface area contributed by atoms with E-state index in [1.54, 1.807) is 0 Å². The van der Waals surface area contributed by atoms with Gasteiger partial charge in [0.15, 0.2) is 0 Å². The first-order chi connectivity index (χ1) is 14.7. The number of ether oxygens (including phenoxy) is 1. The molecule has 0 N–H and O–H groups in total. The van der Waals surface area contributed by atoms with Gasteiger partial charge in [0.25, 0.3) is 0 Å². The summed E-state index contributed by atoms with van der Waals surface area (Å²) in [4.78, 5) is 0. The van der Waals surface area contributed by atoms with Gasteiger partial charge in [0, 0.05) is 11.1 Å². The van der Waals surface area contributed by atoms with Gasteiger partial charge in [0.2, 0.25) is 0 Å². The van der Waals surface area contributed by atoms with Gasteiger partial charge in [0.05, 0.1) is 6.61 Å². The second kappa shape index (κ2) is 14.7. The smallest absolute Gasteiger partial charge is 0.119 e. The van der Waals surface area contributed by atoms with Crippen LogP contribution in [0, 0.1) is 17.8 Å². The van der Waals surface area contributed by atoms with Crippen LogP contribution in [0.2, 0.25) is 0 Å². The molecule has 0 heterocycles. The lowest BCUT2D eigenvalue weighted by Crippen LogP contribution is -1.99. The molecular formula is C29H40O. The summed E-state index contributed by atoms with van der Waals surface area (Å²) in [6, 6.07) is 16.9. The van der Waals surface area contributed by atoms with E-state index >= 15 is 0 Å². The van der Waals surface area contributed by atoms with Crippen molar-refractivity contribution in [1.82, 2.24) is 0 Å². The molecule has 0 unspecified atom stereocenters. The van der Waals surface area contributed by atoms with E-state index < -0.39 is 0 Å². The molecule has 0 aliphatic carbocycles. The first kappa shape index (κ1) is 24.1. The Labute approximate surface area is 185 Å². The third-order valence-corrected chi connectivity index (χ3v) is 5.42. The summed E-state index contributed by atoms with van der Waals surface area (Å²) in [6.45, 7) is 7.55. The summed E-state index contributed by atoms with van der Waals surface area (Å²) < 4.78 is 5.80. The Morgan fingerprint density at radius 1 is 0.700 bits per heavy atom. The van der Waals surface area contributed by atoms with Gasteiger partial charge in [-0.1, -0.05) is 83.3 Å². The van der Waals surface area contributed by atoms with Crippen molar-refractivity contribution in [2.45, 2.75) is 85.0 Å². The van der Waals surface area contributed by atoms with E-state index in [-0.39, 0.29) is 0 Å². The van der Waals surface area contributed by atoms with E-state index in [1.165, 1.54) is 63.4 Å². The molecule has 0 aliphatic heterocycles. The van der Waals surface area contributed by atoms with Gasteiger partial charge in [-0.15, -0.1) is 0 Å². The van der Waals surface area contributed by atoms with Crippen LogP contribution in [-0.2, 0) is 6.42 Å². The van der Waals surface area contributed by atoms with Crippen molar-refractivity contribution in [3.8, 4) is 17.6 Å². The Morgan fingerprint density at radius 3 is 1.87 bits per heavy atom. The molecule has 0 saturated carbocycles. The highest BCUT2D eigenvalue weighted by Crippen LogP contribution is 2.14. The molecule has 1 heteroatoms. The molecule has 2 aromatic carbocycles. The van der Waals surface area contributed by atoms with Crippen LogP contribution in [0.25, 0.3) is 0 Å². The lowest BCUT2D eigenvalue weighted by Gasteiger charge is -2.07. The van der Waals surface area contributed by atoms with Gasteiger partial charge in [-0.2, -0.15) is 0 Å². The van der Waals surface area contributed by atoms with Gasteiger partial charge >= 0.3 is 0 Å². The van der Waals surface area contributed by atoms with Crippen LogP contribution in [-0.4, -0.2) is 6.61 Å². The Hall–Kier alpha value is -2.20. The van der Waals surface area contributed by atoms with E-state index in [0.29, 0.717) is 0 Å². The Kier molecular flexibility index (Phi) is 11.8. The number of hydrogen-bond donors (Lipinski definition) is 0. The van der Waals surface area contributed by atoms with Gasteiger partial charge in [-0.3, -0.25) is 0 Å². The zero-order valence-electron chi connectivity index (χ0n) is 19.4. The topological polar surface area (TPSA) is 9.23 Å². The molecule has 1 nitrogen and oxygen atoms in total. The van der Waals surface area contributed by atoms with Crippen LogP contribution in [0.5, 0.6) is 5.75 Å². The number of aryl methyl sites for hydroxylation is 1. The second-order valence-corrected chi connectivity index (χ2v) is 8.73. The van der Waals surface area contributed by atoms with Crippen molar-refractivity contribution >= 4 is 0 Å². The minimum Gasteiger partial charge on any atom is -0.494 e. The van der Waals surface area contributed by atoms with Crippen molar-refractivity contribution in [2.75, 3.05) is 6.61 Å². The lowest BCUT2D eigenvalue weighted by molar-refractivity contribution is 0.297. The molecule has 0 aromatic heterocycles. The molecule has 0 aliphatic rings. The summed E-state index contributed by atoms with van der Waals surface area (Å²) in [5, 5.41) is 0. The molecule has 0 atom stereocenters. The molecule has 0 radical (unpaired) electrons. The van der Waals surface area contributed by atoms with Crippen LogP contribution in [0.1, 0.15) is 95.2 Å². The van der Waals surface area contributed by atoms with Crippen molar-refractivity contribution in [3.63, 3.8) is 0 Å². The normalized spacial score (nSPS) is 10.7. The molecule has 0 bridgehead atoms.